The zero-order valence-corrected chi connectivity index (χ0v) is 9.33. The van der Waals surface area contributed by atoms with Gasteiger partial charge in [-0.15, -0.1) is 0 Å². The molecule has 0 spiro atoms. The Balaban J connectivity index is 2.91. The van der Waals surface area contributed by atoms with Crippen molar-refractivity contribution in [3.8, 4) is 0 Å². The molecule has 0 fully saturated rings. The molecule has 0 aromatic rings. The van der Waals surface area contributed by atoms with Gasteiger partial charge in [0.25, 0.3) is 0 Å². The summed E-state index contributed by atoms with van der Waals surface area (Å²) in [4.78, 5) is 0. The third-order valence-corrected chi connectivity index (χ3v) is 3.81. The number of hydrogen-bond donors (Lipinski definition) is 0. The van der Waals surface area contributed by atoms with Crippen LogP contribution in [-0.2, 0) is 6.15 Å². The van der Waals surface area contributed by atoms with Crippen molar-refractivity contribution in [2.24, 2.45) is 0 Å². The van der Waals surface area contributed by atoms with Gasteiger partial charge in [0, 0.05) is 0 Å². The van der Waals surface area contributed by atoms with Crippen molar-refractivity contribution < 1.29 is 6.15 Å². The van der Waals surface area contributed by atoms with Crippen molar-refractivity contribution in [2.75, 3.05) is 0 Å². The molecule has 54 valence electrons. The fourth-order valence-electron chi connectivity index (χ4n) is 0.220. The molecule has 0 aliphatic rings. The molecule has 9 heavy (non-hydrogen) atoms. The molecule has 0 saturated heterocycles. The fraction of sp³-hybridized carbons (Fsp3) is 1.00. The van der Waals surface area contributed by atoms with Crippen molar-refractivity contribution in [1.29, 1.82) is 0 Å². The van der Waals surface area contributed by atoms with Crippen LogP contribution in [0.15, 0.2) is 0 Å². The number of hydrogen-bond acceptors (Lipinski definition) is 2. The van der Waals surface area contributed by atoms with Crippen LogP contribution in [0.25, 0.3) is 0 Å². The first-order valence-electron chi connectivity index (χ1n) is 3.19. The zero-order valence-electron chi connectivity index (χ0n) is 6.47. The molecule has 3 heteroatoms. The summed E-state index contributed by atoms with van der Waals surface area (Å²) in [7, 11) is 0. The SMILES string of the molecule is CC(C)[O][Sn][O]C(C)C. The third-order valence-electron chi connectivity index (χ3n) is 0.568. The van der Waals surface area contributed by atoms with Crippen LogP contribution >= 0.6 is 0 Å². The number of rotatable bonds is 4. The summed E-state index contributed by atoms with van der Waals surface area (Å²) in [5.74, 6) is 0. The van der Waals surface area contributed by atoms with Crippen LogP contribution in [0.4, 0.5) is 0 Å². The molecule has 0 bridgehead atoms. The molecule has 0 saturated carbocycles. The van der Waals surface area contributed by atoms with E-state index in [0.29, 0.717) is 12.2 Å². The summed E-state index contributed by atoms with van der Waals surface area (Å²) in [5, 5.41) is 0. The topological polar surface area (TPSA) is 18.5 Å². The van der Waals surface area contributed by atoms with Crippen LogP contribution in [-0.4, -0.2) is 34.2 Å². The van der Waals surface area contributed by atoms with Crippen LogP contribution in [0.1, 0.15) is 27.7 Å². The van der Waals surface area contributed by atoms with E-state index in [9.17, 15) is 0 Å². The molecule has 0 atom stereocenters. The molecule has 0 aromatic carbocycles. The Morgan fingerprint density at radius 1 is 0.889 bits per heavy atom. The van der Waals surface area contributed by atoms with Crippen LogP contribution < -0.4 is 0 Å². The van der Waals surface area contributed by atoms with E-state index in [0.717, 1.165) is 0 Å². The Morgan fingerprint density at radius 2 is 1.22 bits per heavy atom. The monoisotopic (exact) mass is 238 g/mol. The summed E-state index contributed by atoms with van der Waals surface area (Å²) in [5.41, 5.74) is 0. The first-order valence-corrected chi connectivity index (χ1v) is 5.52. The predicted molar refractivity (Wildman–Crippen MR) is 38.2 cm³/mol. The Kier molecular flexibility index (Phi) is 5.94. The summed E-state index contributed by atoms with van der Waals surface area (Å²) >= 11 is -0.929. The van der Waals surface area contributed by atoms with Crippen LogP contribution in [0.5, 0.6) is 0 Å². The van der Waals surface area contributed by atoms with E-state index >= 15 is 0 Å². The Labute approximate surface area is 68.2 Å². The van der Waals surface area contributed by atoms with Gasteiger partial charge in [-0.25, -0.2) is 0 Å². The van der Waals surface area contributed by atoms with E-state index in [-0.39, 0.29) is 0 Å². The summed E-state index contributed by atoms with van der Waals surface area (Å²) in [6.45, 7) is 8.13. The normalized spacial score (nSPS) is 11.3. The average Bonchev–Trinajstić information content (AvgIpc) is 1.63. The molecule has 0 N–H and O–H groups in total. The molecule has 0 aromatic heterocycles. The zero-order chi connectivity index (χ0) is 7.28. The first kappa shape index (κ1) is 9.72. The van der Waals surface area contributed by atoms with E-state index in [1.165, 1.54) is 0 Å². The van der Waals surface area contributed by atoms with E-state index in [2.05, 4.69) is 0 Å². The van der Waals surface area contributed by atoms with Gasteiger partial charge < -0.3 is 0 Å². The van der Waals surface area contributed by atoms with E-state index < -0.39 is 22.0 Å². The van der Waals surface area contributed by atoms with Gasteiger partial charge in [-0.2, -0.15) is 0 Å². The summed E-state index contributed by atoms with van der Waals surface area (Å²) in [6, 6.07) is 0. The molecule has 0 aliphatic heterocycles. The maximum atomic E-state index is 5.30. The molecule has 2 radical (unpaired) electrons. The summed E-state index contributed by atoms with van der Waals surface area (Å²) in [6.07, 6.45) is 0.686. The van der Waals surface area contributed by atoms with Gasteiger partial charge in [0.05, 0.1) is 0 Å². The van der Waals surface area contributed by atoms with Gasteiger partial charge in [-0.1, -0.05) is 0 Å². The molecule has 0 aliphatic carbocycles. The van der Waals surface area contributed by atoms with Crippen LogP contribution in [0, 0.1) is 0 Å². The molecule has 0 amide bonds. The Hall–Kier alpha value is 0.719. The van der Waals surface area contributed by atoms with Crippen molar-refractivity contribution in [3.63, 3.8) is 0 Å². The second-order valence-electron chi connectivity index (χ2n) is 2.42. The molecule has 0 unspecified atom stereocenters. The van der Waals surface area contributed by atoms with Crippen LogP contribution in [0.3, 0.4) is 0 Å². The summed E-state index contributed by atoms with van der Waals surface area (Å²) < 4.78 is 10.6. The van der Waals surface area contributed by atoms with Crippen molar-refractivity contribution in [3.05, 3.63) is 0 Å². The van der Waals surface area contributed by atoms with Gasteiger partial charge in [0.1, 0.15) is 0 Å². The Bertz CT molecular complexity index is 56.1. The molecule has 0 heterocycles. The van der Waals surface area contributed by atoms with Gasteiger partial charge in [0.15, 0.2) is 0 Å². The fourth-order valence-corrected chi connectivity index (χ4v) is 1.48. The Morgan fingerprint density at radius 3 is 1.44 bits per heavy atom. The van der Waals surface area contributed by atoms with Gasteiger partial charge >= 0.3 is 68.0 Å². The van der Waals surface area contributed by atoms with Gasteiger partial charge in [-0.3, -0.25) is 0 Å². The average molecular weight is 237 g/mol. The van der Waals surface area contributed by atoms with Crippen molar-refractivity contribution in [1.82, 2.24) is 0 Å². The standard InChI is InChI=1S/2C3H7O.Sn/c2*1-3(2)4;/h2*3H,1-2H3;/q2*-1;+2. The second kappa shape index (κ2) is 5.50. The second-order valence-corrected chi connectivity index (χ2v) is 4.24. The predicted octanol–water partition coefficient (Wildman–Crippen LogP) is 1.37. The molecule has 0 rings (SSSR count). The van der Waals surface area contributed by atoms with Gasteiger partial charge in [0.2, 0.25) is 0 Å². The third kappa shape index (κ3) is 8.72. The molecular formula is C6H14O2Sn. The van der Waals surface area contributed by atoms with E-state index in [1.807, 2.05) is 27.7 Å². The quantitative estimate of drug-likeness (QED) is 0.687. The van der Waals surface area contributed by atoms with E-state index in [1.54, 1.807) is 0 Å². The molecule has 2 nitrogen and oxygen atoms in total. The van der Waals surface area contributed by atoms with Crippen LogP contribution in [0.2, 0.25) is 0 Å². The first-order chi connectivity index (χ1) is 4.13. The van der Waals surface area contributed by atoms with E-state index in [4.69, 9.17) is 6.15 Å². The van der Waals surface area contributed by atoms with Gasteiger partial charge in [-0.05, 0) is 0 Å². The minimum atomic E-state index is -0.929. The molecular weight excluding hydrogens is 223 g/mol. The van der Waals surface area contributed by atoms with Crippen molar-refractivity contribution in [2.45, 2.75) is 39.9 Å². The minimum absolute atomic E-state index is 0.343. The van der Waals surface area contributed by atoms with Crippen molar-refractivity contribution >= 4 is 22.0 Å². The maximum absolute atomic E-state index is 5.30.